The van der Waals surface area contributed by atoms with Crippen molar-refractivity contribution in [3.8, 4) is 0 Å². The molecule has 0 aromatic carbocycles. The molecule has 0 aliphatic rings. The van der Waals surface area contributed by atoms with Gasteiger partial charge in [0.25, 0.3) is 0 Å². The summed E-state index contributed by atoms with van der Waals surface area (Å²) in [7, 11) is 0. The average molecular weight is 165 g/mol. The number of carbonyl (C=O) groups excluding carboxylic acids is 1. The van der Waals surface area contributed by atoms with Crippen LogP contribution in [0, 0.1) is 6.42 Å². The maximum absolute atomic E-state index is 12.5. The summed E-state index contributed by atoms with van der Waals surface area (Å²) in [6.45, 7) is 3.00. The van der Waals surface area contributed by atoms with Crippen molar-refractivity contribution in [2.24, 2.45) is 0 Å². The van der Waals surface area contributed by atoms with Gasteiger partial charge in [-0.25, -0.2) is 4.79 Å². The third-order valence-corrected chi connectivity index (χ3v) is 1.01. The lowest BCUT2D eigenvalue weighted by molar-refractivity contribution is -0.166. The van der Waals surface area contributed by atoms with E-state index in [0.717, 1.165) is 0 Å². The van der Waals surface area contributed by atoms with Crippen LogP contribution in [0.2, 0.25) is 0 Å². The zero-order valence-corrected chi connectivity index (χ0v) is 6.56. The summed E-state index contributed by atoms with van der Waals surface area (Å²) < 4.78 is 29.1. The largest absolute Gasteiger partial charge is 0.462 e. The Labute approximate surface area is 64.5 Å². The van der Waals surface area contributed by atoms with E-state index < -0.39 is 11.9 Å². The molecule has 65 valence electrons. The summed E-state index contributed by atoms with van der Waals surface area (Å²) in [4.78, 5) is 10.5. The molecule has 0 saturated carbocycles. The van der Waals surface area contributed by atoms with Crippen molar-refractivity contribution in [1.82, 2.24) is 0 Å². The van der Waals surface area contributed by atoms with Gasteiger partial charge in [0, 0.05) is 6.42 Å². The predicted molar refractivity (Wildman–Crippen MR) is 36.2 cm³/mol. The first kappa shape index (κ1) is 10.3. The molecule has 0 bridgehead atoms. The molecule has 0 saturated heterocycles. The minimum Gasteiger partial charge on any atom is -0.462 e. The molecular weight excluding hydrogens is 154 g/mol. The number of halogens is 2. The quantitative estimate of drug-likeness (QED) is 0.594. The fourth-order valence-electron chi connectivity index (χ4n) is 0.567. The van der Waals surface area contributed by atoms with Crippen LogP contribution in [0.1, 0.15) is 20.3 Å². The van der Waals surface area contributed by atoms with Crippen molar-refractivity contribution < 1.29 is 18.3 Å². The lowest BCUT2D eigenvalue weighted by atomic mass is 10.2. The topological polar surface area (TPSA) is 26.3 Å². The van der Waals surface area contributed by atoms with Crippen LogP contribution in [0.3, 0.4) is 0 Å². The fourth-order valence-corrected chi connectivity index (χ4v) is 0.567. The van der Waals surface area contributed by atoms with Gasteiger partial charge in [-0.05, 0) is 13.3 Å². The Morgan fingerprint density at radius 3 is 2.45 bits per heavy atom. The first-order valence-corrected chi connectivity index (χ1v) is 3.44. The Kier molecular flexibility index (Phi) is 4.00. The standard InChI is InChI=1S/C7H11F2O2/c1-3-5-7(8,9)6(10)11-4-2/h5H,3-4H2,1-2H3. The highest BCUT2D eigenvalue weighted by Gasteiger charge is 2.39. The van der Waals surface area contributed by atoms with Crippen molar-refractivity contribution in [2.45, 2.75) is 26.2 Å². The van der Waals surface area contributed by atoms with Gasteiger partial charge in [0.1, 0.15) is 0 Å². The molecule has 0 atom stereocenters. The van der Waals surface area contributed by atoms with Gasteiger partial charge in [0.2, 0.25) is 0 Å². The summed E-state index contributed by atoms with van der Waals surface area (Å²) in [5.41, 5.74) is 0. The summed E-state index contributed by atoms with van der Waals surface area (Å²) in [5, 5.41) is 0. The molecule has 0 aliphatic carbocycles. The number of esters is 1. The van der Waals surface area contributed by atoms with E-state index in [-0.39, 0.29) is 13.0 Å². The van der Waals surface area contributed by atoms with E-state index in [1.807, 2.05) is 0 Å². The molecule has 0 aromatic heterocycles. The first-order valence-electron chi connectivity index (χ1n) is 3.44. The molecule has 0 aromatic rings. The van der Waals surface area contributed by atoms with E-state index in [4.69, 9.17) is 0 Å². The summed E-state index contributed by atoms with van der Waals surface area (Å²) in [6.07, 6.45) is 0.775. The zero-order valence-electron chi connectivity index (χ0n) is 6.56. The predicted octanol–water partition coefficient (Wildman–Crippen LogP) is 1.80. The van der Waals surface area contributed by atoms with Crippen LogP contribution in [0.4, 0.5) is 8.78 Å². The van der Waals surface area contributed by atoms with E-state index in [1.165, 1.54) is 13.8 Å². The summed E-state index contributed by atoms with van der Waals surface area (Å²) in [6, 6.07) is 0. The number of carbonyl (C=O) groups is 1. The Hall–Kier alpha value is -0.670. The van der Waals surface area contributed by atoms with Gasteiger partial charge in [0.15, 0.2) is 0 Å². The van der Waals surface area contributed by atoms with Crippen LogP contribution in [-0.2, 0) is 9.53 Å². The second-order valence-corrected chi connectivity index (χ2v) is 1.96. The molecule has 0 N–H and O–H groups in total. The van der Waals surface area contributed by atoms with E-state index in [2.05, 4.69) is 4.74 Å². The highest BCUT2D eigenvalue weighted by Crippen LogP contribution is 2.20. The van der Waals surface area contributed by atoms with Crippen LogP contribution in [0.25, 0.3) is 0 Å². The lowest BCUT2D eigenvalue weighted by Crippen LogP contribution is -2.31. The van der Waals surface area contributed by atoms with Crippen molar-refractivity contribution >= 4 is 5.97 Å². The molecule has 0 heterocycles. The first-order chi connectivity index (χ1) is 5.04. The molecular formula is C7H11F2O2. The summed E-state index contributed by atoms with van der Waals surface area (Å²) >= 11 is 0. The molecule has 0 rings (SSSR count). The second-order valence-electron chi connectivity index (χ2n) is 1.96. The number of hydrogen-bond acceptors (Lipinski definition) is 2. The van der Waals surface area contributed by atoms with E-state index in [1.54, 1.807) is 0 Å². The van der Waals surface area contributed by atoms with E-state index in [9.17, 15) is 13.6 Å². The van der Waals surface area contributed by atoms with E-state index >= 15 is 0 Å². The molecule has 0 spiro atoms. The smallest absolute Gasteiger partial charge is 0.377 e. The molecule has 11 heavy (non-hydrogen) atoms. The molecule has 0 unspecified atom stereocenters. The van der Waals surface area contributed by atoms with Gasteiger partial charge < -0.3 is 4.74 Å². The average Bonchev–Trinajstić information content (AvgIpc) is 1.88. The molecule has 0 fully saturated rings. The fraction of sp³-hybridized carbons (Fsp3) is 0.714. The zero-order chi connectivity index (χ0) is 8.91. The number of rotatable bonds is 4. The molecule has 4 heteroatoms. The van der Waals surface area contributed by atoms with Gasteiger partial charge in [-0.1, -0.05) is 6.92 Å². The maximum Gasteiger partial charge on any atom is 0.377 e. The maximum atomic E-state index is 12.5. The van der Waals surface area contributed by atoms with Gasteiger partial charge >= 0.3 is 11.9 Å². The van der Waals surface area contributed by atoms with Gasteiger partial charge in [-0.15, -0.1) is 0 Å². The molecule has 1 radical (unpaired) electrons. The van der Waals surface area contributed by atoms with Crippen LogP contribution < -0.4 is 0 Å². The van der Waals surface area contributed by atoms with Crippen LogP contribution in [0.5, 0.6) is 0 Å². The number of alkyl halides is 2. The lowest BCUT2D eigenvalue weighted by Gasteiger charge is -2.12. The monoisotopic (exact) mass is 165 g/mol. The molecule has 2 nitrogen and oxygen atoms in total. The van der Waals surface area contributed by atoms with Gasteiger partial charge in [-0.3, -0.25) is 0 Å². The minimum atomic E-state index is -3.43. The van der Waals surface area contributed by atoms with Crippen LogP contribution in [-0.4, -0.2) is 18.5 Å². The summed E-state index contributed by atoms with van der Waals surface area (Å²) in [5.74, 6) is -4.90. The van der Waals surface area contributed by atoms with Crippen molar-refractivity contribution in [2.75, 3.05) is 6.61 Å². The normalized spacial score (nSPS) is 11.3. The highest BCUT2D eigenvalue weighted by molar-refractivity contribution is 5.79. The number of hydrogen-bond donors (Lipinski definition) is 0. The van der Waals surface area contributed by atoms with Crippen LogP contribution >= 0.6 is 0 Å². The minimum absolute atomic E-state index is 0.0218. The van der Waals surface area contributed by atoms with Gasteiger partial charge in [0.05, 0.1) is 6.61 Å². The van der Waals surface area contributed by atoms with Gasteiger partial charge in [-0.2, -0.15) is 8.78 Å². The highest BCUT2D eigenvalue weighted by atomic mass is 19.3. The Morgan fingerprint density at radius 2 is 2.09 bits per heavy atom. The number of ether oxygens (including phenoxy) is 1. The Balaban J connectivity index is 3.94. The Bertz CT molecular complexity index is 134. The molecule has 0 amide bonds. The third kappa shape index (κ3) is 3.30. The SMILES string of the molecule is CC[CH]C(F)(F)C(=O)OCC. The third-order valence-electron chi connectivity index (χ3n) is 1.01. The van der Waals surface area contributed by atoms with Crippen molar-refractivity contribution in [3.63, 3.8) is 0 Å². The van der Waals surface area contributed by atoms with Crippen molar-refractivity contribution in [3.05, 3.63) is 6.42 Å². The second kappa shape index (κ2) is 4.26. The Morgan fingerprint density at radius 1 is 1.55 bits per heavy atom. The van der Waals surface area contributed by atoms with Crippen molar-refractivity contribution in [1.29, 1.82) is 0 Å². The van der Waals surface area contributed by atoms with Crippen LogP contribution in [0.15, 0.2) is 0 Å². The van der Waals surface area contributed by atoms with E-state index in [0.29, 0.717) is 6.42 Å². The molecule has 0 aliphatic heterocycles.